The summed E-state index contributed by atoms with van der Waals surface area (Å²) in [6.07, 6.45) is 5.97. The monoisotopic (exact) mass is 391 g/mol. The van der Waals surface area contributed by atoms with Crippen LogP contribution in [0, 0.1) is 0 Å². The molecule has 1 aromatic heterocycles. The van der Waals surface area contributed by atoms with Crippen molar-refractivity contribution in [2.24, 2.45) is 0 Å². The Morgan fingerprint density at radius 1 is 1.22 bits per heavy atom. The van der Waals surface area contributed by atoms with E-state index in [2.05, 4.69) is 15.1 Å². The molecule has 2 aliphatic heterocycles. The third-order valence-electron chi connectivity index (χ3n) is 5.84. The summed E-state index contributed by atoms with van der Waals surface area (Å²) in [6.45, 7) is 6.89. The number of hydrogen-bond acceptors (Lipinski definition) is 6. The number of esters is 1. The second-order valence-corrected chi connectivity index (χ2v) is 8.74. The van der Waals surface area contributed by atoms with E-state index in [0.717, 1.165) is 37.9 Å². The van der Waals surface area contributed by atoms with E-state index in [0.29, 0.717) is 35.7 Å². The summed E-state index contributed by atoms with van der Waals surface area (Å²) in [7, 11) is 0. The molecule has 1 atom stereocenters. The van der Waals surface area contributed by atoms with Gasteiger partial charge in [0, 0.05) is 19.1 Å². The maximum Gasteiger partial charge on any atom is 0.341 e. The number of anilines is 1. The average Bonchev–Trinajstić information content (AvgIpc) is 3.04. The molecule has 0 spiro atoms. The van der Waals surface area contributed by atoms with Crippen LogP contribution in [-0.2, 0) is 9.53 Å². The number of likely N-dealkylation sites (tertiary alicyclic amines) is 2. The molecule has 3 heterocycles. The molecule has 1 saturated carbocycles. The van der Waals surface area contributed by atoms with Crippen molar-refractivity contribution in [3.8, 4) is 0 Å². The van der Waals surface area contributed by atoms with Gasteiger partial charge in [-0.1, -0.05) is 0 Å². The number of nitrogens with zero attached hydrogens (tertiary/aromatic N) is 2. The van der Waals surface area contributed by atoms with Crippen LogP contribution in [0.1, 0.15) is 60.9 Å². The molecule has 0 bridgehead atoms. The van der Waals surface area contributed by atoms with Crippen molar-refractivity contribution in [2.45, 2.75) is 51.0 Å². The summed E-state index contributed by atoms with van der Waals surface area (Å²) in [5.74, 6) is 0.101. The smallest absolute Gasteiger partial charge is 0.341 e. The quantitative estimate of drug-likeness (QED) is 0.724. The van der Waals surface area contributed by atoms with Gasteiger partial charge >= 0.3 is 5.97 Å². The molecule has 27 heavy (non-hydrogen) atoms. The summed E-state index contributed by atoms with van der Waals surface area (Å²) in [5, 5.41) is 5.65. The number of rotatable bonds is 7. The standard InChI is InChI=1S/C20H29N3O3S/c1-2-26-20(25)18-16(14-5-6-14)13-27-19(18)21-17(24)12-22-10-7-15(11-22)23-8-3-4-9-23/h13-15H,2-12H2,1H3,(H,21,24). The number of hydrogen-bond donors (Lipinski definition) is 1. The normalized spacial score (nSPS) is 23.7. The Morgan fingerprint density at radius 3 is 2.70 bits per heavy atom. The van der Waals surface area contributed by atoms with Gasteiger partial charge in [-0.2, -0.15) is 0 Å². The lowest BCUT2D eigenvalue weighted by Gasteiger charge is -2.23. The highest BCUT2D eigenvalue weighted by atomic mass is 32.1. The van der Waals surface area contributed by atoms with Crippen LogP contribution in [0.3, 0.4) is 0 Å². The van der Waals surface area contributed by atoms with Gasteiger partial charge in [0.15, 0.2) is 0 Å². The van der Waals surface area contributed by atoms with Crippen LogP contribution in [-0.4, -0.2) is 67.0 Å². The lowest BCUT2D eigenvalue weighted by Crippen LogP contribution is -2.37. The van der Waals surface area contributed by atoms with E-state index in [9.17, 15) is 9.59 Å². The molecule has 0 radical (unpaired) electrons. The Morgan fingerprint density at radius 2 is 2.00 bits per heavy atom. The number of amides is 1. The predicted molar refractivity (Wildman–Crippen MR) is 107 cm³/mol. The van der Waals surface area contributed by atoms with Crippen LogP contribution in [0.4, 0.5) is 5.00 Å². The molecule has 4 rings (SSSR count). The molecule has 2 saturated heterocycles. The van der Waals surface area contributed by atoms with Crippen molar-refractivity contribution >= 4 is 28.2 Å². The Hall–Kier alpha value is -1.44. The Balaban J connectivity index is 1.36. The Labute approximate surface area is 164 Å². The van der Waals surface area contributed by atoms with Gasteiger partial charge in [0.25, 0.3) is 0 Å². The number of ether oxygens (including phenoxy) is 1. The maximum atomic E-state index is 12.6. The fraction of sp³-hybridized carbons (Fsp3) is 0.700. The SMILES string of the molecule is CCOC(=O)c1c(C2CC2)csc1NC(=O)CN1CCC(N2CCCC2)C1. The Kier molecular flexibility index (Phi) is 5.80. The number of carbonyl (C=O) groups is 2. The summed E-state index contributed by atoms with van der Waals surface area (Å²) in [5.41, 5.74) is 1.62. The van der Waals surface area contributed by atoms with Gasteiger partial charge in [-0.25, -0.2) is 4.79 Å². The maximum absolute atomic E-state index is 12.6. The van der Waals surface area contributed by atoms with E-state index in [1.807, 2.05) is 12.3 Å². The molecular formula is C20H29N3O3S. The molecule has 6 nitrogen and oxygen atoms in total. The zero-order chi connectivity index (χ0) is 18.8. The van der Waals surface area contributed by atoms with E-state index in [4.69, 9.17) is 4.74 Å². The van der Waals surface area contributed by atoms with Crippen molar-refractivity contribution in [2.75, 3.05) is 44.6 Å². The topological polar surface area (TPSA) is 61.9 Å². The van der Waals surface area contributed by atoms with Gasteiger partial charge in [0.1, 0.15) is 5.00 Å². The second kappa shape index (κ2) is 8.29. The molecule has 1 unspecified atom stereocenters. The third kappa shape index (κ3) is 4.36. The van der Waals surface area contributed by atoms with Crippen LogP contribution in [0.15, 0.2) is 5.38 Å². The first-order valence-electron chi connectivity index (χ1n) is 10.2. The van der Waals surface area contributed by atoms with Crippen molar-refractivity contribution in [1.82, 2.24) is 9.80 Å². The summed E-state index contributed by atoms with van der Waals surface area (Å²) in [6, 6.07) is 0.596. The number of thiophene rings is 1. The molecule has 1 aliphatic carbocycles. The summed E-state index contributed by atoms with van der Waals surface area (Å²) in [4.78, 5) is 29.8. The molecular weight excluding hydrogens is 362 g/mol. The van der Waals surface area contributed by atoms with Crippen molar-refractivity contribution in [3.05, 3.63) is 16.5 Å². The van der Waals surface area contributed by atoms with E-state index in [1.165, 1.54) is 37.3 Å². The van der Waals surface area contributed by atoms with Crippen molar-refractivity contribution in [3.63, 3.8) is 0 Å². The largest absolute Gasteiger partial charge is 0.462 e. The third-order valence-corrected chi connectivity index (χ3v) is 6.75. The first-order valence-corrected chi connectivity index (χ1v) is 11.1. The number of carbonyl (C=O) groups excluding carboxylic acids is 2. The van der Waals surface area contributed by atoms with E-state index in [-0.39, 0.29) is 11.9 Å². The molecule has 1 amide bonds. The van der Waals surface area contributed by atoms with Gasteiger partial charge in [-0.05, 0) is 69.0 Å². The molecule has 3 fully saturated rings. The van der Waals surface area contributed by atoms with Gasteiger partial charge in [-0.15, -0.1) is 11.3 Å². The van der Waals surface area contributed by atoms with E-state index >= 15 is 0 Å². The highest BCUT2D eigenvalue weighted by Gasteiger charge is 2.33. The highest BCUT2D eigenvalue weighted by Crippen LogP contribution is 2.46. The van der Waals surface area contributed by atoms with Crippen LogP contribution in [0.25, 0.3) is 0 Å². The lowest BCUT2D eigenvalue weighted by molar-refractivity contribution is -0.117. The minimum absolute atomic E-state index is 0.0354. The van der Waals surface area contributed by atoms with Gasteiger partial charge in [0.2, 0.25) is 5.91 Å². The fourth-order valence-corrected chi connectivity index (χ4v) is 5.35. The molecule has 1 N–H and O–H groups in total. The van der Waals surface area contributed by atoms with E-state index in [1.54, 1.807) is 0 Å². The van der Waals surface area contributed by atoms with E-state index < -0.39 is 0 Å². The summed E-state index contributed by atoms with van der Waals surface area (Å²) < 4.78 is 5.23. The minimum Gasteiger partial charge on any atom is -0.462 e. The van der Waals surface area contributed by atoms with Gasteiger partial charge in [0.05, 0.1) is 18.7 Å². The Bertz CT molecular complexity index is 695. The molecule has 0 aromatic carbocycles. The number of nitrogens with one attached hydrogen (secondary N) is 1. The predicted octanol–water partition coefficient (Wildman–Crippen LogP) is 2.91. The highest BCUT2D eigenvalue weighted by molar-refractivity contribution is 7.15. The first-order chi connectivity index (χ1) is 13.2. The minimum atomic E-state index is -0.314. The van der Waals surface area contributed by atoms with Crippen LogP contribution >= 0.6 is 11.3 Å². The van der Waals surface area contributed by atoms with Crippen molar-refractivity contribution < 1.29 is 14.3 Å². The van der Waals surface area contributed by atoms with Crippen LogP contribution < -0.4 is 5.32 Å². The summed E-state index contributed by atoms with van der Waals surface area (Å²) >= 11 is 1.45. The molecule has 148 valence electrons. The van der Waals surface area contributed by atoms with Crippen molar-refractivity contribution in [1.29, 1.82) is 0 Å². The zero-order valence-electron chi connectivity index (χ0n) is 16.0. The first kappa shape index (κ1) is 18.9. The fourth-order valence-electron chi connectivity index (χ4n) is 4.30. The lowest BCUT2D eigenvalue weighted by atomic mass is 10.1. The average molecular weight is 392 g/mol. The van der Waals surface area contributed by atoms with Gasteiger partial charge < -0.3 is 10.1 Å². The molecule has 1 aromatic rings. The second-order valence-electron chi connectivity index (χ2n) is 7.86. The van der Waals surface area contributed by atoms with Gasteiger partial charge in [-0.3, -0.25) is 14.6 Å². The van der Waals surface area contributed by atoms with Crippen LogP contribution in [0.5, 0.6) is 0 Å². The van der Waals surface area contributed by atoms with Crippen LogP contribution in [0.2, 0.25) is 0 Å². The molecule has 7 heteroatoms. The zero-order valence-corrected chi connectivity index (χ0v) is 16.9. The molecule has 3 aliphatic rings.